The smallest absolute Gasteiger partial charge is 0.156 e. The van der Waals surface area contributed by atoms with Crippen molar-refractivity contribution in [3.8, 4) is 0 Å². The molecule has 0 fully saturated rings. The van der Waals surface area contributed by atoms with E-state index >= 15 is 0 Å². The molecule has 19 heavy (non-hydrogen) atoms. The highest BCUT2D eigenvalue weighted by Gasteiger charge is 2.01. The van der Waals surface area contributed by atoms with Gasteiger partial charge in [-0.2, -0.15) is 0 Å². The van der Waals surface area contributed by atoms with Crippen LogP contribution in [0.15, 0.2) is 6.07 Å². The molecule has 1 aromatic rings. The summed E-state index contributed by atoms with van der Waals surface area (Å²) in [6.07, 6.45) is 0.856. The molecule has 0 saturated carbocycles. The van der Waals surface area contributed by atoms with Crippen molar-refractivity contribution in [2.45, 2.75) is 20.0 Å². The highest BCUT2D eigenvalue weighted by Crippen LogP contribution is 2.06. The van der Waals surface area contributed by atoms with E-state index in [-0.39, 0.29) is 0 Å². The van der Waals surface area contributed by atoms with Crippen molar-refractivity contribution in [2.24, 2.45) is 0 Å². The molecule has 0 spiro atoms. The van der Waals surface area contributed by atoms with E-state index in [9.17, 15) is 0 Å². The molecule has 0 aliphatic carbocycles. The van der Waals surface area contributed by atoms with Gasteiger partial charge in [-0.05, 0) is 13.3 Å². The van der Waals surface area contributed by atoms with Gasteiger partial charge in [-0.25, -0.2) is 9.97 Å². The van der Waals surface area contributed by atoms with E-state index in [1.807, 2.05) is 20.0 Å². The van der Waals surface area contributed by atoms with E-state index in [4.69, 9.17) is 14.2 Å². The number of methoxy groups -OCH3 is 1. The molecule has 108 valence electrons. The molecule has 0 saturated heterocycles. The molecule has 0 atom stereocenters. The molecular weight excluding hydrogens is 246 g/mol. The molecule has 1 rings (SSSR count). The second kappa shape index (κ2) is 9.66. The average Bonchev–Trinajstić information content (AvgIpc) is 2.41. The summed E-state index contributed by atoms with van der Waals surface area (Å²) in [7, 11) is 3.50. The lowest BCUT2D eigenvalue weighted by Crippen LogP contribution is -2.07. The van der Waals surface area contributed by atoms with E-state index in [0.29, 0.717) is 38.9 Å². The molecular formula is C13H23N3O3. The van der Waals surface area contributed by atoms with Crippen LogP contribution in [0.1, 0.15) is 17.9 Å². The first-order chi connectivity index (χ1) is 9.26. The first kappa shape index (κ1) is 15.8. The van der Waals surface area contributed by atoms with Gasteiger partial charge in [0.2, 0.25) is 0 Å². The van der Waals surface area contributed by atoms with Crippen LogP contribution in [0.4, 0.5) is 5.82 Å². The van der Waals surface area contributed by atoms with Crippen molar-refractivity contribution in [3.05, 3.63) is 17.6 Å². The summed E-state index contributed by atoms with van der Waals surface area (Å²) < 4.78 is 15.7. The number of aryl methyl sites for hydroxylation is 1. The van der Waals surface area contributed by atoms with Gasteiger partial charge in [-0.3, -0.25) is 0 Å². The number of ether oxygens (including phenoxy) is 3. The lowest BCUT2D eigenvalue weighted by atomic mass is 10.4. The van der Waals surface area contributed by atoms with E-state index in [1.165, 1.54) is 0 Å². The van der Waals surface area contributed by atoms with Crippen molar-refractivity contribution in [1.29, 1.82) is 0 Å². The standard InChI is InChI=1S/C13H23N3O3/c1-11-9-12(14-2)16-13(15-11)10-19-6-4-5-18-8-7-17-3/h9H,4-8,10H2,1-3H3,(H,14,15,16). The number of nitrogens with one attached hydrogen (secondary N) is 1. The molecule has 6 heteroatoms. The summed E-state index contributed by atoms with van der Waals surface area (Å²) in [6, 6.07) is 1.90. The number of rotatable bonds is 10. The SMILES string of the molecule is CNc1cc(C)nc(COCCCOCCOC)n1. The fraction of sp³-hybridized carbons (Fsp3) is 0.692. The van der Waals surface area contributed by atoms with Gasteiger partial charge in [0, 0.05) is 39.1 Å². The zero-order valence-electron chi connectivity index (χ0n) is 11.9. The first-order valence-corrected chi connectivity index (χ1v) is 6.43. The molecule has 0 amide bonds. The van der Waals surface area contributed by atoms with Gasteiger partial charge in [0.15, 0.2) is 5.82 Å². The van der Waals surface area contributed by atoms with Crippen molar-refractivity contribution in [1.82, 2.24) is 9.97 Å². The Morgan fingerprint density at radius 2 is 1.89 bits per heavy atom. The van der Waals surface area contributed by atoms with Gasteiger partial charge in [-0.1, -0.05) is 0 Å². The number of hydrogen-bond acceptors (Lipinski definition) is 6. The molecule has 0 aromatic carbocycles. The summed E-state index contributed by atoms with van der Waals surface area (Å²) >= 11 is 0. The van der Waals surface area contributed by atoms with Crippen LogP contribution in [0.3, 0.4) is 0 Å². The van der Waals surface area contributed by atoms with Crippen LogP contribution in [0.2, 0.25) is 0 Å². The molecule has 0 aliphatic heterocycles. The Balaban J connectivity index is 2.13. The van der Waals surface area contributed by atoms with Gasteiger partial charge in [0.25, 0.3) is 0 Å². The second-order valence-corrected chi connectivity index (χ2v) is 4.07. The van der Waals surface area contributed by atoms with E-state index in [0.717, 1.165) is 17.9 Å². The van der Waals surface area contributed by atoms with Crippen LogP contribution in [0, 0.1) is 6.92 Å². The lowest BCUT2D eigenvalue weighted by Gasteiger charge is -2.07. The second-order valence-electron chi connectivity index (χ2n) is 4.07. The Morgan fingerprint density at radius 1 is 1.11 bits per heavy atom. The summed E-state index contributed by atoms with van der Waals surface area (Å²) in [5.41, 5.74) is 0.931. The topological polar surface area (TPSA) is 65.5 Å². The van der Waals surface area contributed by atoms with Crippen LogP contribution >= 0.6 is 0 Å². The minimum atomic E-state index is 0.425. The van der Waals surface area contributed by atoms with Crippen LogP contribution < -0.4 is 5.32 Å². The van der Waals surface area contributed by atoms with E-state index in [1.54, 1.807) is 7.11 Å². The Hall–Kier alpha value is -1.24. The number of hydrogen-bond donors (Lipinski definition) is 1. The fourth-order valence-electron chi connectivity index (χ4n) is 1.49. The number of anilines is 1. The quantitative estimate of drug-likeness (QED) is 0.648. The summed E-state index contributed by atoms with van der Waals surface area (Å²) in [5.74, 6) is 1.51. The predicted molar refractivity (Wildman–Crippen MR) is 73.3 cm³/mol. The first-order valence-electron chi connectivity index (χ1n) is 6.43. The summed E-state index contributed by atoms with van der Waals surface area (Å²) in [4.78, 5) is 8.63. The van der Waals surface area contributed by atoms with Crippen LogP contribution in [-0.2, 0) is 20.8 Å². The monoisotopic (exact) mass is 269 g/mol. The minimum Gasteiger partial charge on any atom is -0.382 e. The van der Waals surface area contributed by atoms with Gasteiger partial charge < -0.3 is 19.5 Å². The zero-order valence-corrected chi connectivity index (χ0v) is 11.9. The van der Waals surface area contributed by atoms with Gasteiger partial charge in [0.1, 0.15) is 12.4 Å². The number of aromatic nitrogens is 2. The van der Waals surface area contributed by atoms with Crippen molar-refractivity contribution >= 4 is 5.82 Å². The van der Waals surface area contributed by atoms with Crippen LogP contribution in [-0.4, -0.2) is 50.6 Å². The Morgan fingerprint density at radius 3 is 2.63 bits per heavy atom. The Labute approximate surface area is 114 Å². The van der Waals surface area contributed by atoms with Gasteiger partial charge >= 0.3 is 0 Å². The Bertz CT molecular complexity index is 361. The van der Waals surface area contributed by atoms with E-state index in [2.05, 4.69) is 15.3 Å². The van der Waals surface area contributed by atoms with E-state index < -0.39 is 0 Å². The minimum absolute atomic E-state index is 0.425. The highest BCUT2D eigenvalue weighted by molar-refractivity contribution is 5.34. The Kier molecular flexibility index (Phi) is 8.04. The highest BCUT2D eigenvalue weighted by atomic mass is 16.5. The lowest BCUT2D eigenvalue weighted by molar-refractivity contribution is 0.0472. The molecule has 6 nitrogen and oxygen atoms in total. The third-order valence-corrected chi connectivity index (χ3v) is 2.40. The maximum atomic E-state index is 5.52. The largest absolute Gasteiger partial charge is 0.382 e. The molecule has 0 bridgehead atoms. The van der Waals surface area contributed by atoms with Crippen LogP contribution in [0.25, 0.3) is 0 Å². The van der Waals surface area contributed by atoms with Crippen molar-refractivity contribution in [2.75, 3.05) is 45.9 Å². The van der Waals surface area contributed by atoms with Crippen LogP contribution in [0.5, 0.6) is 0 Å². The maximum Gasteiger partial charge on any atom is 0.156 e. The molecule has 0 unspecified atom stereocenters. The third-order valence-electron chi connectivity index (χ3n) is 2.40. The van der Waals surface area contributed by atoms with Crippen molar-refractivity contribution in [3.63, 3.8) is 0 Å². The third kappa shape index (κ3) is 7.05. The zero-order chi connectivity index (χ0) is 13.9. The fourth-order valence-corrected chi connectivity index (χ4v) is 1.49. The average molecular weight is 269 g/mol. The number of nitrogens with zero attached hydrogens (tertiary/aromatic N) is 2. The summed E-state index contributed by atoms with van der Waals surface area (Å²) in [5, 5.41) is 3.00. The molecule has 1 N–H and O–H groups in total. The van der Waals surface area contributed by atoms with Gasteiger partial charge in [-0.15, -0.1) is 0 Å². The summed E-state index contributed by atoms with van der Waals surface area (Å²) in [6.45, 7) is 4.94. The normalized spacial score (nSPS) is 10.7. The predicted octanol–water partition coefficient (Wildman–Crippen LogP) is 1.40. The molecule has 0 aliphatic rings. The molecule has 0 radical (unpaired) electrons. The maximum absolute atomic E-state index is 5.52. The molecule has 1 aromatic heterocycles. The van der Waals surface area contributed by atoms with Gasteiger partial charge in [0.05, 0.1) is 13.2 Å². The van der Waals surface area contributed by atoms with Crippen molar-refractivity contribution < 1.29 is 14.2 Å². The molecule has 1 heterocycles.